The lowest BCUT2D eigenvalue weighted by Gasteiger charge is -2.29. The average Bonchev–Trinajstić information content (AvgIpc) is 2.36. The number of methoxy groups -OCH3 is 1. The van der Waals surface area contributed by atoms with Crippen LogP contribution in [0.15, 0.2) is 34.8 Å². The number of hydrogen-bond acceptors (Lipinski definition) is 2. The van der Waals surface area contributed by atoms with E-state index in [2.05, 4.69) is 15.9 Å². The van der Waals surface area contributed by atoms with E-state index in [1.54, 1.807) is 20.1 Å². The molecule has 0 aromatic heterocycles. The molecule has 0 fully saturated rings. The van der Waals surface area contributed by atoms with E-state index >= 15 is 0 Å². The molecule has 1 N–H and O–H groups in total. The second kappa shape index (κ2) is 5.99. The summed E-state index contributed by atoms with van der Waals surface area (Å²) in [4.78, 5) is 0. The Morgan fingerprint density at radius 1 is 1.19 bits per heavy atom. The van der Waals surface area contributed by atoms with Gasteiger partial charge in [0.15, 0.2) is 0 Å². The van der Waals surface area contributed by atoms with Crippen molar-refractivity contribution in [2.45, 2.75) is 26.4 Å². The van der Waals surface area contributed by atoms with Crippen LogP contribution >= 0.6 is 27.5 Å². The maximum absolute atomic E-state index is 11.1. The van der Waals surface area contributed by atoms with Gasteiger partial charge < -0.3 is 9.84 Å². The number of benzene rings is 2. The Bertz CT molecular complexity index is 681. The van der Waals surface area contributed by atoms with Gasteiger partial charge in [0.05, 0.1) is 7.11 Å². The first-order valence-electron chi connectivity index (χ1n) is 6.61. The summed E-state index contributed by atoms with van der Waals surface area (Å²) in [6.07, 6.45) is 0. The highest BCUT2D eigenvalue weighted by atomic mass is 79.9. The van der Waals surface area contributed by atoms with Crippen LogP contribution in [0.2, 0.25) is 5.02 Å². The van der Waals surface area contributed by atoms with Crippen molar-refractivity contribution < 1.29 is 9.84 Å². The zero-order valence-electron chi connectivity index (χ0n) is 12.5. The van der Waals surface area contributed by atoms with Gasteiger partial charge in [-0.3, -0.25) is 0 Å². The third-order valence-corrected chi connectivity index (χ3v) is 4.41. The van der Waals surface area contributed by atoms with Gasteiger partial charge in [-0.2, -0.15) is 0 Å². The van der Waals surface area contributed by atoms with Crippen molar-refractivity contribution in [2.24, 2.45) is 0 Å². The molecule has 0 radical (unpaired) electrons. The molecule has 4 heteroatoms. The molecule has 0 spiro atoms. The summed E-state index contributed by atoms with van der Waals surface area (Å²) in [5.74, 6) is 0.663. The second-order valence-corrected chi connectivity index (χ2v) is 6.68. The smallest absolute Gasteiger partial charge is 0.125 e. The minimum Gasteiger partial charge on any atom is -0.496 e. The summed E-state index contributed by atoms with van der Waals surface area (Å²) in [5.41, 5.74) is 2.21. The van der Waals surface area contributed by atoms with Crippen molar-refractivity contribution in [3.63, 3.8) is 0 Å². The Morgan fingerprint density at radius 2 is 1.86 bits per heavy atom. The van der Waals surface area contributed by atoms with Gasteiger partial charge >= 0.3 is 0 Å². The molecule has 0 aliphatic carbocycles. The fourth-order valence-electron chi connectivity index (χ4n) is 2.73. The summed E-state index contributed by atoms with van der Waals surface area (Å²) in [6, 6.07) is 9.42. The van der Waals surface area contributed by atoms with E-state index in [-0.39, 0.29) is 0 Å². The first-order chi connectivity index (χ1) is 9.77. The lowest BCUT2D eigenvalue weighted by Crippen LogP contribution is -2.25. The topological polar surface area (TPSA) is 29.5 Å². The minimum absolute atomic E-state index is 0.511. The van der Waals surface area contributed by atoms with Crippen LogP contribution in [0.3, 0.4) is 0 Å². The number of hydrogen-bond donors (Lipinski definition) is 1. The van der Waals surface area contributed by atoms with E-state index in [9.17, 15) is 5.11 Å². The number of aryl methyl sites for hydroxylation is 2. The fourth-order valence-corrected chi connectivity index (χ4v) is 3.59. The van der Waals surface area contributed by atoms with Gasteiger partial charge in [0.2, 0.25) is 0 Å². The molecule has 0 heterocycles. The lowest BCUT2D eigenvalue weighted by molar-refractivity contribution is 0.0983. The molecule has 0 amide bonds. The first kappa shape index (κ1) is 16.3. The molecule has 0 bridgehead atoms. The van der Waals surface area contributed by atoms with E-state index in [1.165, 1.54) is 0 Å². The number of halogens is 2. The highest BCUT2D eigenvalue weighted by Crippen LogP contribution is 2.41. The van der Waals surface area contributed by atoms with Gasteiger partial charge in [-0.05, 0) is 50.1 Å². The number of rotatable bonds is 3. The van der Waals surface area contributed by atoms with Crippen molar-refractivity contribution in [3.8, 4) is 5.75 Å². The molecule has 0 aliphatic rings. The SMILES string of the molecule is COc1cc(C)cc(C)c1C(C)(O)c1ccc(Br)cc1Cl. The van der Waals surface area contributed by atoms with Crippen molar-refractivity contribution >= 4 is 27.5 Å². The van der Waals surface area contributed by atoms with Crippen molar-refractivity contribution in [3.05, 3.63) is 62.1 Å². The van der Waals surface area contributed by atoms with Crippen LogP contribution in [0.4, 0.5) is 0 Å². The van der Waals surface area contributed by atoms with E-state index < -0.39 is 5.60 Å². The minimum atomic E-state index is -1.24. The van der Waals surface area contributed by atoms with E-state index in [0.29, 0.717) is 16.3 Å². The van der Waals surface area contributed by atoms with Crippen LogP contribution in [0.25, 0.3) is 0 Å². The van der Waals surface area contributed by atoms with Crippen LogP contribution in [-0.2, 0) is 5.60 Å². The highest BCUT2D eigenvalue weighted by molar-refractivity contribution is 9.10. The predicted octanol–water partition coefficient (Wildman–Crippen LogP) is 4.98. The van der Waals surface area contributed by atoms with Crippen LogP contribution in [0.1, 0.15) is 29.2 Å². The quantitative estimate of drug-likeness (QED) is 0.826. The third kappa shape index (κ3) is 3.10. The highest BCUT2D eigenvalue weighted by Gasteiger charge is 2.32. The van der Waals surface area contributed by atoms with Gasteiger partial charge in [-0.15, -0.1) is 0 Å². The standard InChI is InChI=1S/C17H18BrClO2/c1-10-7-11(2)16(15(8-10)21-4)17(3,20)13-6-5-12(18)9-14(13)19/h5-9,20H,1-4H3. The molecule has 2 aromatic rings. The largest absolute Gasteiger partial charge is 0.496 e. The molecule has 1 atom stereocenters. The molecular formula is C17H18BrClO2. The lowest BCUT2D eigenvalue weighted by atomic mass is 9.84. The van der Waals surface area contributed by atoms with Crippen LogP contribution in [0, 0.1) is 13.8 Å². The Kier molecular flexibility index (Phi) is 4.66. The van der Waals surface area contributed by atoms with Crippen molar-refractivity contribution in [1.82, 2.24) is 0 Å². The molecular weight excluding hydrogens is 352 g/mol. The maximum Gasteiger partial charge on any atom is 0.125 e. The maximum atomic E-state index is 11.1. The summed E-state index contributed by atoms with van der Waals surface area (Å²) < 4.78 is 6.34. The molecule has 0 saturated heterocycles. The summed E-state index contributed by atoms with van der Waals surface area (Å²) >= 11 is 9.69. The third-order valence-electron chi connectivity index (χ3n) is 3.61. The molecule has 0 aliphatic heterocycles. The predicted molar refractivity (Wildman–Crippen MR) is 90.3 cm³/mol. The van der Waals surface area contributed by atoms with Crippen LogP contribution < -0.4 is 4.74 Å². The molecule has 21 heavy (non-hydrogen) atoms. The van der Waals surface area contributed by atoms with Gasteiger partial charge in [0, 0.05) is 20.6 Å². The zero-order valence-corrected chi connectivity index (χ0v) is 14.8. The normalized spacial score (nSPS) is 13.9. The summed E-state index contributed by atoms with van der Waals surface area (Å²) in [7, 11) is 1.61. The van der Waals surface area contributed by atoms with Crippen molar-refractivity contribution in [1.29, 1.82) is 0 Å². The second-order valence-electron chi connectivity index (χ2n) is 5.36. The molecule has 112 valence electrons. The van der Waals surface area contributed by atoms with E-state index in [4.69, 9.17) is 16.3 Å². The zero-order chi connectivity index (χ0) is 15.8. The molecule has 2 aromatic carbocycles. The Labute approximate surface area is 138 Å². The van der Waals surface area contributed by atoms with Crippen molar-refractivity contribution in [2.75, 3.05) is 7.11 Å². The molecule has 1 unspecified atom stereocenters. The number of ether oxygens (including phenoxy) is 1. The Morgan fingerprint density at radius 3 is 2.43 bits per heavy atom. The monoisotopic (exact) mass is 368 g/mol. The van der Waals surface area contributed by atoms with E-state index in [1.807, 2.05) is 38.1 Å². The summed E-state index contributed by atoms with van der Waals surface area (Å²) in [5, 5.41) is 11.6. The van der Waals surface area contributed by atoms with Crippen LogP contribution in [0.5, 0.6) is 5.75 Å². The summed E-state index contributed by atoms with van der Waals surface area (Å²) in [6.45, 7) is 5.70. The first-order valence-corrected chi connectivity index (χ1v) is 7.78. The van der Waals surface area contributed by atoms with Crippen LogP contribution in [-0.4, -0.2) is 12.2 Å². The molecule has 2 rings (SSSR count). The number of aliphatic hydroxyl groups is 1. The Balaban J connectivity index is 2.69. The van der Waals surface area contributed by atoms with Gasteiger partial charge in [0.25, 0.3) is 0 Å². The molecule has 0 saturated carbocycles. The fraction of sp³-hybridized carbons (Fsp3) is 0.294. The van der Waals surface area contributed by atoms with E-state index in [0.717, 1.165) is 21.2 Å². The Hall–Kier alpha value is -1.03. The van der Waals surface area contributed by atoms with Gasteiger partial charge in [0.1, 0.15) is 11.4 Å². The average molecular weight is 370 g/mol. The van der Waals surface area contributed by atoms with Gasteiger partial charge in [-0.25, -0.2) is 0 Å². The molecule has 2 nitrogen and oxygen atoms in total. The van der Waals surface area contributed by atoms with Gasteiger partial charge in [-0.1, -0.05) is 39.7 Å².